The van der Waals surface area contributed by atoms with Crippen LogP contribution in [0.25, 0.3) is 0 Å². The highest BCUT2D eigenvalue weighted by Crippen LogP contribution is 2.16. The van der Waals surface area contributed by atoms with Crippen LogP contribution in [0.3, 0.4) is 0 Å². The van der Waals surface area contributed by atoms with Gasteiger partial charge in [-0.15, -0.1) is 0 Å². The van der Waals surface area contributed by atoms with E-state index in [2.05, 4.69) is 10.0 Å². The van der Waals surface area contributed by atoms with Crippen molar-refractivity contribution in [3.63, 3.8) is 0 Å². The standard InChI is InChI=1S/C12H21N3O3S/c1-13-8-11-7-12(9-15(11)2)19(16,17)14-10-3-5-18-6-4-10/h7,9-10,13-14H,3-6,8H2,1-2H3. The first-order chi connectivity index (χ1) is 9.03. The number of aryl methyl sites for hydroxylation is 1. The largest absolute Gasteiger partial charge is 0.381 e. The van der Waals surface area contributed by atoms with Crippen molar-refractivity contribution in [2.45, 2.75) is 30.3 Å². The van der Waals surface area contributed by atoms with E-state index in [1.807, 2.05) is 18.7 Å². The Balaban J connectivity index is 2.12. The molecule has 19 heavy (non-hydrogen) atoms. The van der Waals surface area contributed by atoms with Crippen molar-refractivity contribution in [3.8, 4) is 0 Å². The molecule has 6 nitrogen and oxygen atoms in total. The Labute approximate surface area is 114 Å². The minimum Gasteiger partial charge on any atom is -0.381 e. The maximum atomic E-state index is 12.3. The highest BCUT2D eigenvalue weighted by atomic mass is 32.2. The fourth-order valence-corrected chi connectivity index (χ4v) is 3.58. The summed E-state index contributed by atoms with van der Waals surface area (Å²) in [7, 11) is 0.248. The van der Waals surface area contributed by atoms with Gasteiger partial charge in [0.1, 0.15) is 0 Å². The van der Waals surface area contributed by atoms with Gasteiger partial charge in [-0.05, 0) is 26.0 Å². The summed E-state index contributed by atoms with van der Waals surface area (Å²) in [4.78, 5) is 0.326. The summed E-state index contributed by atoms with van der Waals surface area (Å²) in [6.07, 6.45) is 3.11. The van der Waals surface area contributed by atoms with Crippen molar-refractivity contribution >= 4 is 10.0 Å². The van der Waals surface area contributed by atoms with Crippen molar-refractivity contribution in [1.29, 1.82) is 0 Å². The van der Waals surface area contributed by atoms with Gasteiger partial charge in [-0.25, -0.2) is 13.1 Å². The smallest absolute Gasteiger partial charge is 0.242 e. The predicted molar refractivity (Wildman–Crippen MR) is 72.3 cm³/mol. The topological polar surface area (TPSA) is 72.4 Å². The van der Waals surface area contributed by atoms with Crippen LogP contribution in [0.5, 0.6) is 0 Å². The molecule has 1 saturated heterocycles. The predicted octanol–water partition coefficient (Wildman–Crippen LogP) is 0.202. The van der Waals surface area contributed by atoms with Gasteiger partial charge in [0.05, 0.1) is 4.90 Å². The van der Waals surface area contributed by atoms with E-state index >= 15 is 0 Å². The van der Waals surface area contributed by atoms with Gasteiger partial charge >= 0.3 is 0 Å². The second-order valence-electron chi connectivity index (χ2n) is 4.82. The summed E-state index contributed by atoms with van der Waals surface area (Å²) in [6.45, 7) is 1.88. The molecule has 1 aliphatic heterocycles. The average Bonchev–Trinajstić information content (AvgIpc) is 2.73. The van der Waals surface area contributed by atoms with Gasteiger partial charge in [0, 0.05) is 44.7 Å². The number of nitrogens with one attached hydrogen (secondary N) is 2. The lowest BCUT2D eigenvalue weighted by Crippen LogP contribution is -2.38. The van der Waals surface area contributed by atoms with Gasteiger partial charge in [0.2, 0.25) is 10.0 Å². The van der Waals surface area contributed by atoms with E-state index in [0.717, 1.165) is 18.5 Å². The highest BCUT2D eigenvalue weighted by molar-refractivity contribution is 7.89. The molecule has 0 saturated carbocycles. The molecule has 0 spiro atoms. The van der Waals surface area contributed by atoms with Gasteiger partial charge in [-0.3, -0.25) is 0 Å². The summed E-state index contributed by atoms with van der Waals surface area (Å²) in [5.74, 6) is 0. The van der Waals surface area contributed by atoms with Crippen LogP contribution in [0.4, 0.5) is 0 Å². The van der Waals surface area contributed by atoms with Crippen LogP contribution in [0, 0.1) is 0 Å². The molecule has 0 unspecified atom stereocenters. The minimum atomic E-state index is -3.43. The Morgan fingerprint density at radius 3 is 2.74 bits per heavy atom. The van der Waals surface area contributed by atoms with Crippen molar-refractivity contribution in [3.05, 3.63) is 18.0 Å². The second kappa shape index (κ2) is 6.04. The zero-order valence-corrected chi connectivity index (χ0v) is 12.2. The molecule has 0 amide bonds. The third-order valence-corrected chi connectivity index (χ3v) is 4.78. The molecule has 1 aromatic heterocycles. The average molecular weight is 287 g/mol. The van der Waals surface area contributed by atoms with Gasteiger partial charge in [-0.2, -0.15) is 0 Å². The maximum absolute atomic E-state index is 12.3. The summed E-state index contributed by atoms with van der Waals surface area (Å²) in [5.41, 5.74) is 0.940. The normalized spacial score (nSPS) is 17.8. The Kier molecular flexibility index (Phi) is 4.62. The zero-order chi connectivity index (χ0) is 13.9. The summed E-state index contributed by atoms with van der Waals surface area (Å²) >= 11 is 0. The van der Waals surface area contributed by atoms with E-state index in [4.69, 9.17) is 4.74 Å². The number of aromatic nitrogens is 1. The molecule has 0 atom stereocenters. The summed E-state index contributed by atoms with van der Waals surface area (Å²) < 4.78 is 34.4. The number of nitrogens with zero attached hydrogens (tertiary/aromatic N) is 1. The van der Waals surface area contributed by atoms with E-state index in [-0.39, 0.29) is 6.04 Å². The number of rotatable bonds is 5. The van der Waals surface area contributed by atoms with E-state index in [1.165, 1.54) is 0 Å². The highest BCUT2D eigenvalue weighted by Gasteiger charge is 2.23. The van der Waals surface area contributed by atoms with Gasteiger partial charge in [-0.1, -0.05) is 0 Å². The van der Waals surface area contributed by atoms with Crippen LogP contribution in [0.15, 0.2) is 17.2 Å². The first-order valence-corrected chi connectivity index (χ1v) is 7.91. The van der Waals surface area contributed by atoms with Crippen molar-refractivity contribution in [2.24, 2.45) is 7.05 Å². The van der Waals surface area contributed by atoms with Gasteiger partial charge in [0.15, 0.2) is 0 Å². The molecule has 0 radical (unpaired) electrons. The van der Waals surface area contributed by atoms with Crippen LogP contribution >= 0.6 is 0 Å². The number of hydrogen-bond donors (Lipinski definition) is 2. The van der Waals surface area contributed by atoms with Gasteiger partial charge < -0.3 is 14.6 Å². The zero-order valence-electron chi connectivity index (χ0n) is 11.3. The Hall–Kier alpha value is -0.890. The fraction of sp³-hybridized carbons (Fsp3) is 0.667. The number of hydrogen-bond acceptors (Lipinski definition) is 4. The molecule has 2 rings (SSSR count). The third-order valence-electron chi connectivity index (χ3n) is 3.29. The van der Waals surface area contributed by atoms with Crippen LogP contribution in [-0.2, 0) is 28.4 Å². The summed E-state index contributed by atoms with van der Waals surface area (Å²) in [5, 5.41) is 3.02. The van der Waals surface area contributed by atoms with Crippen molar-refractivity contribution in [1.82, 2.24) is 14.6 Å². The van der Waals surface area contributed by atoms with Crippen LogP contribution in [-0.4, -0.2) is 39.3 Å². The van der Waals surface area contributed by atoms with E-state index < -0.39 is 10.0 Å². The van der Waals surface area contributed by atoms with Crippen molar-refractivity contribution in [2.75, 3.05) is 20.3 Å². The molecule has 2 heterocycles. The SMILES string of the molecule is CNCc1cc(S(=O)(=O)NC2CCOCC2)cn1C. The molecule has 0 aromatic carbocycles. The first-order valence-electron chi connectivity index (χ1n) is 6.43. The van der Waals surface area contributed by atoms with E-state index in [0.29, 0.717) is 24.7 Å². The van der Waals surface area contributed by atoms with Gasteiger partial charge in [0.25, 0.3) is 0 Å². The Morgan fingerprint density at radius 2 is 2.11 bits per heavy atom. The number of sulfonamides is 1. The lowest BCUT2D eigenvalue weighted by molar-refractivity contribution is 0.0832. The second-order valence-corrected chi connectivity index (χ2v) is 6.53. The van der Waals surface area contributed by atoms with Crippen molar-refractivity contribution < 1.29 is 13.2 Å². The Bertz CT molecular complexity index is 518. The quantitative estimate of drug-likeness (QED) is 0.811. The fourth-order valence-electron chi connectivity index (χ4n) is 2.18. The molecule has 1 fully saturated rings. The third kappa shape index (κ3) is 3.56. The molecule has 2 N–H and O–H groups in total. The van der Waals surface area contributed by atoms with Crippen LogP contribution in [0.1, 0.15) is 18.5 Å². The van der Waals surface area contributed by atoms with Crippen LogP contribution in [0.2, 0.25) is 0 Å². The number of ether oxygens (including phenoxy) is 1. The molecule has 108 valence electrons. The first kappa shape index (κ1) is 14.5. The van der Waals surface area contributed by atoms with E-state index in [1.54, 1.807) is 12.3 Å². The van der Waals surface area contributed by atoms with E-state index in [9.17, 15) is 8.42 Å². The molecule has 0 bridgehead atoms. The molecule has 7 heteroatoms. The monoisotopic (exact) mass is 287 g/mol. The maximum Gasteiger partial charge on any atom is 0.242 e. The lowest BCUT2D eigenvalue weighted by Gasteiger charge is -2.22. The lowest BCUT2D eigenvalue weighted by atomic mass is 10.1. The van der Waals surface area contributed by atoms with Crippen LogP contribution < -0.4 is 10.0 Å². The molecular formula is C12H21N3O3S. The molecule has 1 aromatic rings. The Morgan fingerprint density at radius 1 is 1.42 bits per heavy atom. The minimum absolute atomic E-state index is 0.0216. The molecular weight excluding hydrogens is 266 g/mol. The molecule has 0 aliphatic carbocycles. The summed E-state index contributed by atoms with van der Waals surface area (Å²) in [6, 6.07) is 1.68. The molecule has 1 aliphatic rings.